The van der Waals surface area contributed by atoms with Gasteiger partial charge < -0.3 is 0 Å². The first-order valence-corrected chi connectivity index (χ1v) is 8.83. The van der Waals surface area contributed by atoms with Crippen molar-refractivity contribution in [3.63, 3.8) is 0 Å². The lowest BCUT2D eigenvalue weighted by atomic mass is 10.1. The molecule has 0 radical (unpaired) electrons. The van der Waals surface area contributed by atoms with Crippen molar-refractivity contribution in [3.05, 3.63) is 58.7 Å². The molecule has 0 spiro atoms. The highest BCUT2D eigenvalue weighted by molar-refractivity contribution is 5.95. The standard InChI is InChI=1S/C19H22N6O2/c1-4-14-5-7-15(8-6-14)18(27)24-23-17(26)10-9-16-12(2)22-19-20-11-21-25(19)13(16)3/h5-8,11H,4,9-10H2,1-3H3,(H,23,26)(H,24,27). The van der Waals surface area contributed by atoms with Gasteiger partial charge in [-0.05, 0) is 49.9 Å². The lowest BCUT2D eigenvalue weighted by Crippen LogP contribution is -2.41. The number of fused-ring (bicyclic) bond motifs is 1. The summed E-state index contributed by atoms with van der Waals surface area (Å²) < 4.78 is 1.65. The molecule has 2 N–H and O–H groups in total. The first-order chi connectivity index (χ1) is 13.0. The Morgan fingerprint density at radius 3 is 2.56 bits per heavy atom. The van der Waals surface area contributed by atoms with Crippen LogP contribution in [0.15, 0.2) is 30.6 Å². The second kappa shape index (κ2) is 7.94. The molecule has 27 heavy (non-hydrogen) atoms. The zero-order valence-electron chi connectivity index (χ0n) is 15.6. The van der Waals surface area contributed by atoms with Crippen molar-refractivity contribution < 1.29 is 9.59 Å². The molecule has 2 aromatic heterocycles. The highest BCUT2D eigenvalue weighted by Gasteiger charge is 2.13. The van der Waals surface area contributed by atoms with E-state index in [0.717, 1.165) is 28.9 Å². The third-order valence-electron chi connectivity index (χ3n) is 4.53. The van der Waals surface area contributed by atoms with E-state index < -0.39 is 0 Å². The molecule has 0 aliphatic rings. The molecule has 3 aromatic rings. The van der Waals surface area contributed by atoms with Gasteiger partial charge in [-0.15, -0.1) is 0 Å². The Morgan fingerprint density at radius 2 is 1.85 bits per heavy atom. The SMILES string of the molecule is CCc1ccc(C(=O)NNC(=O)CCc2c(C)nc3ncnn3c2C)cc1. The second-order valence-electron chi connectivity index (χ2n) is 6.29. The van der Waals surface area contributed by atoms with E-state index in [1.54, 1.807) is 16.6 Å². The number of carbonyl (C=O) groups is 2. The Morgan fingerprint density at radius 1 is 1.11 bits per heavy atom. The van der Waals surface area contributed by atoms with E-state index in [9.17, 15) is 9.59 Å². The molecule has 3 rings (SSSR count). The maximum absolute atomic E-state index is 12.1. The number of carbonyl (C=O) groups excluding carboxylic acids is 2. The van der Waals surface area contributed by atoms with Crippen molar-refractivity contribution in [1.29, 1.82) is 0 Å². The Kier molecular flexibility index (Phi) is 5.44. The van der Waals surface area contributed by atoms with Gasteiger partial charge in [-0.25, -0.2) is 9.50 Å². The lowest BCUT2D eigenvalue weighted by molar-refractivity contribution is -0.121. The Bertz CT molecular complexity index is 978. The van der Waals surface area contributed by atoms with Crippen molar-refractivity contribution in [1.82, 2.24) is 30.4 Å². The minimum absolute atomic E-state index is 0.221. The predicted octanol–water partition coefficient (Wildman–Crippen LogP) is 1.70. The molecule has 2 amide bonds. The van der Waals surface area contributed by atoms with Crippen LogP contribution in [0.3, 0.4) is 0 Å². The van der Waals surface area contributed by atoms with E-state index in [1.165, 1.54) is 6.33 Å². The maximum atomic E-state index is 12.1. The second-order valence-corrected chi connectivity index (χ2v) is 6.29. The van der Waals surface area contributed by atoms with Gasteiger partial charge in [-0.2, -0.15) is 10.1 Å². The minimum Gasteiger partial charge on any atom is -0.273 e. The van der Waals surface area contributed by atoms with Gasteiger partial charge in [0, 0.05) is 23.4 Å². The van der Waals surface area contributed by atoms with Crippen molar-refractivity contribution in [3.8, 4) is 0 Å². The number of nitrogens with one attached hydrogen (secondary N) is 2. The summed E-state index contributed by atoms with van der Waals surface area (Å²) in [6.07, 6.45) is 3.08. The number of hydrazine groups is 1. The zero-order chi connectivity index (χ0) is 19.4. The molecular weight excluding hydrogens is 344 g/mol. The van der Waals surface area contributed by atoms with Crippen LogP contribution in [0.25, 0.3) is 5.78 Å². The highest BCUT2D eigenvalue weighted by Crippen LogP contribution is 2.14. The molecule has 0 aliphatic carbocycles. The molecule has 8 nitrogen and oxygen atoms in total. The quantitative estimate of drug-likeness (QED) is 0.669. The molecule has 0 saturated heterocycles. The van der Waals surface area contributed by atoms with Crippen molar-refractivity contribution in [2.75, 3.05) is 0 Å². The molecule has 8 heteroatoms. The normalized spacial score (nSPS) is 10.8. The van der Waals surface area contributed by atoms with E-state index in [4.69, 9.17) is 0 Å². The maximum Gasteiger partial charge on any atom is 0.269 e. The number of aromatic nitrogens is 4. The number of rotatable bonds is 5. The summed E-state index contributed by atoms with van der Waals surface area (Å²) in [5.41, 5.74) is 9.23. The van der Waals surface area contributed by atoms with Gasteiger partial charge in [0.05, 0.1) is 0 Å². The van der Waals surface area contributed by atoms with Crippen LogP contribution in [0.5, 0.6) is 0 Å². The number of amides is 2. The third-order valence-corrected chi connectivity index (χ3v) is 4.53. The number of aryl methyl sites for hydroxylation is 3. The lowest BCUT2D eigenvalue weighted by Gasteiger charge is -2.11. The van der Waals surface area contributed by atoms with E-state index in [0.29, 0.717) is 17.8 Å². The number of hydrogen-bond donors (Lipinski definition) is 2. The summed E-state index contributed by atoms with van der Waals surface area (Å²) in [6.45, 7) is 5.86. The van der Waals surface area contributed by atoms with E-state index >= 15 is 0 Å². The molecule has 1 aromatic carbocycles. The van der Waals surface area contributed by atoms with Gasteiger partial charge in [0.15, 0.2) is 0 Å². The number of benzene rings is 1. The van der Waals surface area contributed by atoms with Crippen molar-refractivity contribution in [2.45, 2.75) is 40.0 Å². The van der Waals surface area contributed by atoms with E-state index in [-0.39, 0.29) is 18.2 Å². The fourth-order valence-electron chi connectivity index (χ4n) is 2.91. The Balaban J connectivity index is 1.56. The predicted molar refractivity (Wildman–Crippen MR) is 100 cm³/mol. The smallest absolute Gasteiger partial charge is 0.269 e. The fourth-order valence-corrected chi connectivity index (χ4v) is 2.91. The van der Waals surface area contributed by atoms with Crippen LogP contribution >= 0.6 is 0 Å². The molecule has 0 saturated carbocycles. The summed E-state index contributed by atoms with van der Waals surface area (Å²) in [7, 11) is 0. The monoisotopic (exact) mass is 366 g/mol. The molecule has 140 valence electrons. The summed E-state index contributed by atoms with van der Waals surface area (Å²) in [5, 5.41) is 4.14. The van der Waals surface area contributed by atoms with Crippen LogP contribution in [0.2, 0.25) is 0 Å². The molecule has 0 unspecified atom stereocenters. The van der Waals surface area contributed by atoms with Gasteiger partial charge in [-0.1, -0.05) is 19.1 Å². The molecule has 0 bridgehead atoms. The molecule has 0 aliphatic heterocycles. The third kappa shape index (κ3) is 4.11. The largest absolute Gasteiger partial charge is 0.273 e. The first-order valence-electron chi connectivity index (χ1n) is 8.83. The van der Waals surface area contributed by atoms with Gasteiger partial charge >= 0.3 is 0 Å². The molecule has 0 fully saturated rings. The topological polar surface area (TPSA) is 101 Å². The number of nitrogens with zero attached hydrogens (tertiary/aromatic N) is 4. The van der Waals surface area contributed by atoms with Crippen LogP contribution in [0, 0.1) is 13.8 Å². The van der Waals surface area contributed by atoms with Gasteiger partial charge in [0.25, 0.3) is 11.7 Å². The first kappa shape index (κ1) is 18.5. The van der Waals surface area contributed by atoms with Crippen LogP contribution in [0.4, 0.5) is 0 Å². The Hall–Kier alpha value is -3.29. The molecule has 2 heterocycles. The van der Waals surface area contributed by atoms with Crippen LogP contribution in [-0.4, -0.2) is 31.4 Å². The van der Waals surface area contributed by atoms with Crippen molar-refractivity contribution >= 4 is 17.6 Å². The minimum atomic E-state index is -0.343. The summed E-state index contributed by atoms with van der Waals surface area (Å²) >= 11 is 0. The molecular formula is C19H22N6O2. The zero-order valence-corrected chi connectivity index (χ0v) is 15.6. The van der Waals surface area contributed by atoms with E-state index in [2.05, 4.69) is 32.8 Å². The molecule has 0 atom stereocenters. The van der Waals surface area contributed by atoms with Gasteiger partial charge in [0.2, 0.25) is 5.91 Å². The van der Waals surface area contributed by atoms with Crippen LogP contribution in [0.1, 0.15) is 46.2 Å². The average molecular weight is 366 g/mol. The summed E-state index contributed by atoms with van der Waals surface area (Å²) in [6, 6.07) is 7.28. The van der Waals surface area contributed by atoms with Crippen LogP contribution < -0.4 is 10.9 Å². The van der Waals surface area contributed by atoms with Gasteiger partial charge in [0.1, 0.15) is 6.33 Å². The fraction of sp³-hybridized carbons (Fsp3) is 0.316. The van der Waals surface area contributed by atoms with E-state index in [1.807, 2.05) is 26.0 Å². The summed E-state index contributed by atoms with van der Waals surface area (Å²) in [4.78, 5) is 32.7. The van der Waals surface area contributed by atoms with Crippen molar-refractivity contribution in [2.24, 2.45) is 0 Å². The summed E-state index contributed by atoms with van der Waals surface area (Å²) in [5.74, 6) is -0.0744. The van der Waals surface area contributed by atoms with Crippen LogP contribution in [-0.2, 0) is 17.6 Å². The van der Waals surface area contributed by atoms with Gasteiger partial charge in [-0.3, -0.25) is 20.4 Å². The average Bonchev–Trinajstić information content (AvgIpc) is 3.14. The Labute approximate surface area is 157 Å². The highest BCUT2D eigenvalue weighted by atomic mass is 16.2. The number of hydrogen-bond acceptors (Lipinski definition) is 5.